The molecule has 0 aliphatic heterocycles. The molecule has 0 spiro atoms. The van der Waals surface area contributed by atoms with Crippen molar-refractivity contribution in [3.63, 3.8) is 0 Å². The Kier molecular flexibility index (Phi) is 5.83. The zero-order chi connectivity index (χ0) is 13.6. The third-order valence-corrected chi connectivity index (χ3v) is 4.36. The Morgan fingerprint density at radius 3 is 2.56 bits per heavy atom. The van der Waals surface area contributed by atoms with Gasteiger partial charge >= 0.3 is 0 Å². The minimum Gasteiger partial charge on any atom is -0.376 e. The lowest BCUT2D eigenvalue weighted by atomic mass is 9.63. The highest BCUT2D eigenvalue weighted by Gasteiger charge is 2.44. The van der Waals surface area contributed by atoms with E-state index in [4.69, 9.17) is 10.5 Å². The summed E-state index contributed by atoms with van der Waals surface area (Å²) in [5.41, 5.74) is 7.48. The largest absolute Gasteiger partial charge is 0.376 e. The Hall–Kier alpha value is -0.380. The maximum absolute atomic E-state index is 6.06. The van der Waals surface area contributed by atoms with Crippen LogP contribution >= 0.6 is 0 Å². The van der Waals surface area contributed by atoms with Gasteiger partial charge in [-0.15, -0.1) is 0 Å². The Labute approximate surface area is 112 Å². The number of ether oxygens (including phenoxy) is 1. The Morgan fingerprint density at radius 1 is 1.33 bits per heavy atom. The summed E-state index contributed by atoms with van der Waals surface area (Å²) in [5.74, 6) is 0. The standard InChI is InChI=1S/C15H30N2O/c1-13(2)11-18-10-9-17-15(12-16)8-6-5-7-14(15,3)4/h17H,1,5-12,16H2,2-4H3. The number of hydrogen-bond acceptors (Lipinski definition) is 3. The van der Waals surface area contributed by atoms with E-state index in [1.807, 2.05) is 6.92 Å². The van der Waals surface area contributed by atoms with E-state index in [1.54, 1.807) is 0 Å². The van der Waals surface area contributed by atoms with Crippen molar-refractivity contribution in [3.8, 4) is 0 Å². The first-order chi connectivity index (χ1) is 8.43. The molecular weight excluding hydrogens is 224 g/mol. The lowest BCUT2D eigenvalue weighted by molar-refractivity contribution is 0.0576. The van der Waals surface area contributed by atoms with Crippen LogP contribution in [0.15, 0.2) is 12.2 Å². The summed E-state index contributed by atoms with van der Waals surface area (Å²) in [5, 5.41) is 3.67. The molecule has 0 aromatic heterocycles. The molecule has 3 nitrogen and oxygen atoms in total. The highest BCUT2D eigenvalue weighted by molar-refractivity contribution is 5.03. The fourth-order valence-corrected chi connectivity index (χ4v) is 2.96. The predicted octanol–water partition coefficient (Wildman–Crippen LogP) is 2.47. The zero-order valence-electron chi connectivity index (χ0n) is 12.3. The molecule has 0 bridgehead atoms. The Bertz CT molecular complexity index is 276. The summed E-state index contributed by atoms with van der Waals surface area (Å²) < 4.78 is 5.54. The molecule has 1 aliphatic rings. The van der Waals surface area contributed by atoms with Crippen LogP contribution in [0.25, 0.3) is 0 Å². The third-order valence-electron chi connectivity index (χ3n) is 4.36. The molecule has 3 N–H and O–H groups in total. The quantitative estimate of drug-likeness (QED) is 0.542. The molecule has 0 radical (unpaired) electrons. The summed E-state index contributed by atoms with van der Waals surface area (Å²) in [6.45, 7) is 13.4. The van der Waals surface area contributed by atoms with Crippen molar-refractivity contribution in [1.29, 1.82) is 0 Å². The molecule has 0 aromatic carbocycles. The predicted molar refractivity (Wildman–Crippen MR) is 77.7 cm³/mol. The molecule has 0 heterocycles. The summed E-state index contributed by atoms with van der Waals surface area (Å²) in [6, 6.07) is 0. The van der Waals surface area contributed by atoms with Gasteiger partial charge in [-0.3, -0.25) is 0 Å². The van der Waals surface area contributed by atoms with Crippen molar-refractivity contribution in [1.82, 2.24) is 5.32 Å². The van der Waals surface area contributed by atoms with Gasteiger partial charge in [0.05, 0.1) is 13.2 Å². The van der Waals surface area contributed by atoms with Crippen LogP contribution < -0.4 is 11.1 Å². The average molecular weight is 254 g/mol. The van der Waals surface area contributed by atoms with E-state index >= 15 is 0 Å². The van der Waals surface area contributed by atoms with Crippen LogP contribution in [0.5, 0.6) is 0 Å². The molecule has 106 valence electrons. The highest BCUT2D eigenvalue weighted by Crippen LogP contribution is 2.43. The van der Waals surface area contributed by atoms with E-state index < -0.39 is 0 Å². The van der Waals surface area contributed by atoms with Crippen molar-refractivity contribution < 1.29 is 4.74 Å². The van der Waals surface area contributed by atoms with Crippen LogP contribution in [0.4, 0.5) is 0 Å². The Morgan fingerprint density at radius 2 is 2.00 bits per heavy atom. The first-order valence-electron chi connectivity index (χ1n) is 7.11. The van der Waals surface area contributed by atoms with Crippen molar-refractivity contribution >= 4 is 0 Å². The van der Waals surface area contributed by atoms with Gasteiger partial charge in [-0.05, 0) is 25.2 Å². The SMILES string of the molecule is C=C(C)COCCNC1(CN)CCCCC1(C)C. The molecule has 0 saturated heterocycles. The number of nitrogens with one attached hydrogen (secondary N) is 1. The molecule has 1 unspecified atom stereocenters. The molecule has 0 aromatic rings. The highest BCUT2D eigenvalue weighted by atomic mass is 16.5. The zero-order valence-corrected chi connectivity index (χ0v) is 12.3. The maximum atomic E-state index is 6.06. The summed E-state index contributed by atoms with van der Waals surface area (Å²) in [4.78, 5) is 0. The molecule has 3 heteroatoms. The minimum atomic E-state index is 0.0812. The second-order valence-corrected chi connectivity index (χ2v) is 6.31. The van der Waals surface area contributed by atoms with Crippen molar-refractivity contribution in [2.45, 2.75) is 52.0 Å². The Balaban J connectivity index is 2.42. The van der Waals surface area contributed by atoms with Crippen molar-refractivity contribution in [2.24, 2.45) is 11.1 Å². The molecule has 18 heavy (non-hydrogen) atoms. The van der Waals surface area contributed by atoms with Crippen molar-refractivity contribution in [3.05, 3.63) is 12.2 Å². The van der Waals surface area contributed by atoms with Crippen LogP contribution in [0.2, 0.25) is 0 Å². The minimum absolute atomic E-state index is 0.0812. The van der Waals surface area contributed by atoms with Gasteiger partial charge in [-0.25, -0.2) is 0 Å². The number of nitrogens with two attached hydrogens (primary N) is 1. The van der Waals surface area contributed by atoms with Crippen LogP contribution in [0, 0.1) is 5.41 Å². The molecule has 1 atom stereocenters. The van der Waals surface area contributed by atoms with E-state index in [9.17, 15) is 0 Å². The molecular formula is C15H30N2O. The number of hydrogen-bond donors (Lipinski definition) is 2. The summed E-state index contributed by atoms with van der Waals surface area (Å²) in [6.07, 6.45) is 5.03. The fraction of sp³-hybridized carbons (Fsp3) is 0.867. The van der Waals surface area contributed by atoms with Crippen molar-refractivity contribution in [2.75, 3.05) is 26.3 Å². The van der Waals surface area contributed by atoms with Gasteiger partial charge < -0.3 is 15.8 Å². The second-order valence-electron chi connectivity index (χ2n) is 6.31. The lowest BCUT2D eigenvalue weighted by Gasteiger charge is -2.50. The maximum Gasteiger partial charge on any atom is 0.0672 e. The normalized spacial score (nSPS) is 27.1. The first kappa shape index (κ1) is 15.7. The van der Waals surface area contributed by atoms with E-state index in [0.717, 1.165) is 18.7 Å². The van der Waals surface area contributed by atoms with Crippen LogP contribution in [0.1, 0.15) is 46.5 Å². The van der Waals surface area contributed by atoms with Gasteiger partial charge in [0.15, 0.2) is 0 Å². The first-order valence-corrected chi connectivity index (χ1v) is 7.11. The van der Waals surface area contributed by atoms with Gasteiger partial charge in [0.1, 0.15) is 0 Å². The molecule has 1 rings (SSSR count). The lowest BCUT2D eigenvalue weighted by Crippen LogP contribution is -2.62. The third kappa shape index (κ3) is 3.81. The fourth-order valence-electron chi connectivity index (χ4n) is 2.96. The summed E-state index contributed by atoms with van der Waals surface area (Å²) >= 11 is 0. The van der Waals surface area contributed by atoms with Gasteiger partial charge in [-0.2, -0.15) is 0 Å². The van der Waals surface area contributed by atoms with Gasteiger partial charge in [0.25, 0.3) is 0 Å². The van der Waals surface area contributed by atoms with Gasteiger partial charge in [0, 0.05) is 18.6 Å². The molecule has 0 amide bonds. The van der Waals surface area contributed by atoms with E-state index in [1.165, 1.54) is 25.7 Å². The molecule has 1 saturated carbocycles. The van der Waals surface area contributed by atoms with Gasteiger partial charge in [-0.1, -0.05) is 38.8 Å². The van der Waals surface area contributed by atoms with Crippen LogP contribution in [0.3, 0.4) is 0 Å². The smallest absolute Gasteiger partial charge is 0.0672 e. The molecule has 1 aliphatic carbocycles. The van der Waals surface area contributed by atoms with E-state index in [-0.39, 0.29) is 11.0 Å². The second kappa shape index (κ2) is 6.69. The van der Waals surface area contributed by atoms with E-state index in [0.29, 0.717) is 13.2 Å². The monoisotopic (exact) mass is 254 g/mol. The van der Waals surface area contributed by atoms with Crippen LogP contribution in [-0.4, -0.2) is 31.8 Å². The van der Waals surface area contributed by atoms with Crippen LogP contribution in [-0.2, 0) is 4.74 Å². The van der Waals surface area contributed by atoms with E-state index in [2.05, 4.69) is 25.7 Å². The summed E-state index contributed by atoms with van der Waals surface area (Å²) in [7, 11) is 0. The average Bonchev–Trinajstić information content (AvgIpc) is 2.30. The molecule has 1 fully saturated rings. The topological polar surface area (TPSA) is 47.3 Å². The van der Waals surface area contributed by atoms with Gasteiger partial charge in [0.2, 0.25) is 0 Å². The number of rotatable bonds is 7.